The highest BCUT2D eigenvalue weighted by Gasteiger charge is 2.78. The fourth-order valence-corrected chi connectivity index (χ4v) is 7.59. The molecule has 0 aromatic carbocycles. The van der Waals surface area contributed by atoms with E-state index in [1.165, 1.54) is 19.1 Å². The molecule has 0 unspecified atom stereocenters. The van der Waals surface area contributed by atoms with Gasteiger partial charge in [-0.3, -0.25) is 4.79 Å². The minimum absolute atomic E-state index is 0.00583. The zero-order valence-electron chi connectivity index (χ0n) is 20.0. The molecule has 2 N–H and O–H groups in total. The number of aliphatic hydroxyl groups excluding tert-OH is 1. The van der Waals surface area contributed by atoms with Crippen LogP contribution in [0.15, 0.2) is 23.8 Å². The molecule has 9 heteroatoms. The van der Waals surface area contributed by atoms with Crippen molar-refractivity contribution in [1.82, 2.24) is 0 Å². The van der Waals surface area contributed by atoms with E-state index in [2.05, 4.69) is 0 Å². The molecule has 0 aliphatic heterocycles. The highest BCUT2D eigenvalue weighted by Crippen LogP contribution is 2.71. The van der Waals surface area contributed by atoms with Gasteiger partial charge in [-0.1, -0.05) is 19.9 Å². The van der Waals surface area contributed by atoms with Gasteiger partial charge in [-0.25, -0.2) is 18.4 Å². The maximum absolute atomic E-state index is 17.2. The molecule has 0 aromatic rings. The van der Waals surface area contributed by atoms with Crippen LogP contribution in [0.4, 0.5) is 13.6 Å². The van der Waals surface area contributed by atoms with Crippen LogP contribution in [0.25, 0.3) is 0 Å². The third-order valence-corrected chi connectivity index (χ3v) is 9.06. The monoisotopic (exact) mass is 482 g/mol. The summed E-state index contributed by atoms with van der Waals surface area (Å²) in [7, 11) is 0. The Morgan fingerprint density at radius 3 is 2.44 bits per heavy atom. The Morgan fingerprint density at radius 1 is 1.21 bits per heavy atom. The third-order valence-electron chi connectivity index (χ3n) is 9.06. The molecule has 0 heterocycles. The average molecular weight is 483 g/mol. The summed E-state index contributed by atoms with van der Waals surface area (Å²) in [5.41, 5.74) is -7.39. The van der Waals surface area contributed by atoms with E-state index >= 15 is 8.78 Å². The first-order chi connectivity index (χ1) is 15.6. The minimum Gasteiger partial charge on any atom is -0.478 e. The van der Waals surface area contributed by atoms with Gasteiger partial charge in [0.25, 0.3) is 0 Å². The Morgan fingerprint density at radius 2 is 1.85 bits per heavy atom. The number of carbonyl (C=O) groups is 3. The SMILES string of the molecule is CC(C)OC(=O)O[C@]1(C(=O)O)[C@H](C)C[C@H]2[C@@H]3C[C@H](F)C4=CC(=O)C=C[C@]4(C)[C@@]3(F)[C@@H](O)C[C@@]21C. The number of hydrogen-bond donors (Lipinski definition) is 2. The van der Waals surface area contributed by atoms with E-state index < -0.39 is 76.1 Å². The number of allylic oxidation sites excluding steroid dienone is 4. The van der Waals surface area contributed by atoms with Crippen molar-refractivity contribution in [3.8, 4) is 0 Å². The predicted octanol–water partition coefficient (Wildman–Crippen LogP) is 3.94. The van der Waals surface area contributed by atoms with Crippen LogP contribution in [0.3, 0.4) is 0 Å². The summed E-state index contributed by atoms with van der Waals surface area (Å²) in [6.45, 7) is 7.84. The molecule has 0 aromatic heterocycles. The van der Waals surface area contributed by atoms with Crippen LogP contribution in [0.5, 0.6) is 0 Å². The summed E-state index contributed by atoms with van der Waals surface area (Å²) in [6.07, 6.45) is -1.89. The van der Waals surface area contributed by atoms with Crippen molar-refractivity contribution in [2.75, 3.05) is 0 Å². The number of aliphatic hydroxyl groups is 1. The third kappa shape index (κ3) is 2.91. The van der Waals surface area contributed by atoms with E-state index in [1.54, 1.807) is 27.7 Å². The van der Waals surface area contributed by atoms with Crippen LogP contribution >= 0.6 is 0 Å². The van der Waals surface area contributed by atoms with Crippen LogP contribution < -0.4 is 0 Å². The average Bonchev–Trinajstić information content (AvgIpc) is 2.93. The number of carboxylic acids is 1. The second-order valence-electron chi connectivity index (χ2n) is 11.1. The first kappa shape index (κ1) is 24.8. The second-order valence-corrected chi connectivity index (χ2v) is 11.1. The lowest BCUT2D eigenvalue weighted by Gasteiger charge is -2.62. The quantitative estimate of drug-likeness (QED) is 0.587. The molecule has 0 saturated heterocycles. The van der Waals surface area contributed by atoms with Gasteiger partial charge in [-0.15, -0.1) is 0 Å². The molecule has 34 heavy (non-hydrogen) atoms. The zero-order valence-corrected chi connectivity index (χ0v) is 20.0. The fourth-order valence-electron chi connectivity index (χ4n) is 7.59. The standard InChI is InChI=1S/C25H32F2O7/c1-12(2)33-21(32)34-25(20(30)31)13(3)8-15-16-10-18(26)17-9-14(28)6-7-22(17,4)24(16,27)19(29)11-23(15,25)5/h6-7,9,12-13,15-16,18-19,29H,8,10-11H2,1-5H3,(H,30,31)/t13-,15+,16+,18+,19+,22+,23+,24+,25+/m1/s1. The molecule has 0 bridgehead atoms. The molecule has 0 spiro atoms. The number of halogens is 2. The van der Waals surface area contributed by atoms with Crippen LogP contribution in [-0.4, -0.2) is 57.8 Å². The fraction of sp³-hybridized carbons (Fsp3) is 0.720. The van der Waals surface area contributed by atoms with Gasteiger partial charge in [0.1, 0.15) is 6.17 Å². The van der Waals surface area contributed by atoms with E-state index in [9.17, 15) is 24.6 Å². The summed E-state index contributed by atoms with van der Waals surface area (Å²) in [5.74, 6) is -4.37. The second kappa shape index (κ2) is 7.60. The van der Waals surface area contributed by atoms with Gasteiger partial charge in [0, 0.05) is 22.7 Å². The Kier molecular flexibility index (Phi) is 5.55. The van der Waals surface area contributed by atoms with Gasteiger partial charge >= 0.3 is 12.1 Å². The van der Waals surface area contributed by atoms with E-state index in [-0.39, 0.29) is 24.8 Å². The van der Waals surface area contributed by atoms with Crippen LogP contribution in [0.2, 0.25) is 0 Å². The number of ether oxygens (including phenoxy) is 2. The predicted molar refractivity (Wildman–Crippen MR) is 116 cm³/mol. The molecule has 4 aliphatic carbocycles. The smallest absolute Gasteiger partial charge is 0.478 e. The Labute approximate surface area is 197 Å². The molecule has 188 valence electrons. The van der Waals surface area contributed by atoms with Crippen molar-refractivity contribution >= 4 is 17.9 Å². The highest BCUT2D eigenvalue weighted by molar-refractivity contribution is 6.01. The first-order valence-corrected chi connectivity index (χ1v) is 11.7. The molecule has 4 rings (SSSR count). The maximum Gasteiger partial charge on any atom is 0.509 e. The minimum atomic E-state index is -2.34. The van der Waals surface area contributed by atoms with Gasteiger partial charge in [-0.2, -0.15) is 0 Å². The molecule has 0 radical (unpaired) electrons. The van der Waals surface area contributed by atoms with Crippen molar-refractivity contribution < 1.29 is 42.9 Å². The maximum atomic E-state index is 17.2. The number of hydrogen-bond acceptors (Lipinski definition) is 6. The van der Waals surface area contributed by atoms with Gasteiger partial charge in [0.2, 0.25) is 5.60 Å². The van der Waals surface area contributed by atoms with Crippen LogP contribution in [0.1, 0.15) is 53.9 Å². The summed E-state index contributed by atoms with van der Waals surface area (Å²) in [5, 5.41) is 21.7. The molecule has 3 fully saturated rings. The normalized spacial score (nSPS) is 47.4. The number of rotatable bonds is 3. The largest absolute Gasteiger partial charge is 0.509 e. The van der Waals surface area contributed by atoms with Crippen LogP contribution in [-0.2, 0) is 19.1 Å². The number of ketones is 1. The first-order valence-electron chi connectivity index (χ1n) is 11.7. The van der Waals surface area contributed by atoms with E-state index in [4.69, 9.17) is 9.47 Å². The van der Waals surface area contributed by atoms with Crippen molar-refractivity contribution in [2.24, 2.45) is 28.6 Å². The van der Waals surface area contributed by atoms with Crippen LogP contribution in [0, 0.1) is 28.6 Å². The van der Waals surface area contributed by atoms with Crippen molar-refractivity contribution in [2.45, 2.75) is 83.5 Å². The number of carboxylic acid groups (broad SMARTS) is 1. The Hall–Kier alpha value is -2.29. The van der Waals surface area contributed by atoms with Crippen molar-refractivity contribution in [3.05, 3.63) is 23.8 Å². The lowest BCUT2D eigenvalue weighted by atomic mass is 9.44. The summed E-state index contributed by atoms with van der Waals surface area (Å²) in [4.78, 5) is 37.1. The number of carbonyl (C=O) groups excluding carboxylic acids is 2. The molecule has 4 aliphatic rings. The van der Waals surface area contributed by atoms with Gasteiger partial charge in [-0.05, 0) is 63.7 Å². The molecule has 7 nitrogen and oxygen atoms in total. The lowest BCUT2D eigenvalue weighted by molar-refractivity contribution is -0.232. The lowest BCUT2D eigenvalue weighted by Crippen LogP contribution is -2.71. The molecule has 3 saturated carbocycles. The summed E-state index contributed by atoms with van der Waals surface area (Å²) < 4.78 is 43.2. The van der Waals surface area contributed by atoms with E-state index in [1.807, 2.05) is 0 Å². The number of fused-ring (bicyclic) bond motifs is 5. The Balaban J connectivity index is 1.83. The molecular weight excluding hydrogens is 450 g/mol. The highest BCUT2D eigenvalue weighted by atomic mass is 19.1. The van der Waals surface area contributed by atoms with Gasteiger partial charge in [0.05, 0.1) is 12.2 Å². The van der Waals surface area contributed by atoms with Crippen molar-refractivity contribution in [1.29, 1.82) is 0 Å². The Bertz CT molecular complexity index is 992. The summed E-state index contributed by atoms with van der Waals surface area (Å²) >= 11 is 0. The molecular formula is C25H32F2O7. The summed E-state index contributed by atoms with van der Waals surface area (Å²) in [6, 6.07) is 0. The van der Waals surface area contributed by atoms with Gasteiger partial charge in [0.15, 0.2) is 11.5 Å². The molecule has 0 amide bonds. The number of alkyl halides is 2. The van der Waals surface area contributed by atoms with Crippen molar-refractivity contribution in [3.63, 3.8) is 0 Å². The molecule has 9 atom stereocenters. The topological polar surface area (TPSA) is 110 Å². The van der Waals surface area contributed by atoms with E-state index in [0.717, 1.165) is 6.08 Å². The van der Waals surface area contributed by atoms with Gasteiger partial charge < -0.3 is 19.7 Å². The van der Waals surface area contributed by atoms with E-state index in [0.29, 0.717) is 0 Å². The number of aliphatic carboxylic acids is 1. The zero-order chi connectivity index (χ0) is 25.4.